The molecular weight excluding hydrogens is 550 g/mol. The maximum atomic E-state index is 12.8. The Kier molecular flexibility index (Phi) is 7.25. The summed E-state index contributed by atoms with van der Waals surface area (Å²) in [5.74, 6) is -2.45. The van der Waals surface area contributed by atoms with Gasteiger partial charge in [0.2, 0.25) is 11.8 Å². The summed E-state index contributed by atoms with van der Waals surface area (Å²) in [7, 11) is 0. The number of carboxylic acids is 1. The third-order valence-corrected chi connectivity index (χ3v) is 7.58. The van der Waals surface area contributed by atoms with Gasteiger partial charge in [-0.25, -0.2) is 9.59 Å². The van der Waals surface area contributed by atoms with Crippen LogP contribution in [0.5, 0.6) is 0 Å². The van der Waals surface area contributed by atoms with Crippen molar-refractivity contribution >= 4 is 50.6 Å². The number of amides is 2. The Labute approximate surface area is 244 Å². The van der Waals surface area contributed by atoms with Gasteiger partial charge in [0, 0.05) is 45.9 Å². The van der Waals surface area contributed by atoms with Crippen molar-refractivity contribution in [2.24, 2.45) is 0 Å². The molecule has 6 aromatic rings. The second-order valence-electron chi connectivity index (χ2n) is 10.3. The minimum absolute atomic E-state index is 0.0618. The Hall–Kier alpha value is -5.64. The summed E-state index contributed by atoms with van der Waals surface area (Å²) in [4.78, 5) is 53.1. The van der Waals surface area contributed by atoms with Crippen molar-refractivity contribution < 1.29 is 28.3 Å². The number of nitrogens with one attached hydrogen (secondary N) is 3. The zero-order valence-corrected chi connectivity index (χ0v) is 23.1. The van der Waals surface area contributed by atoms with Gasteiger partial charge in [0.05, 0.1) is 24.8 Å². The van der Waals surface area contributed by atoms with Gasteiger partial charge in [0.15, 0.2) is 0 Å². The number of benzene rings is 3. The third kappa shape index (κ3) is 5.50. The van der Waals surface area contributed by atoms with E-state index in [1.807, 2.05) is 60.7 Å². The maximum absolute atomic E-state index is 12.8. The molecule has 0 unspecified atom stereocenters. The van der Waals surface area contributed by atoms with Crippen LogP contribution in [0.2, 0.25) is 0 Å². The molecule has 3 aromatic carbocycles. The van der Waals surface area contributed by atoms with E-state index in [9.17, 15) is 24.3 Å². The predicted octanol–water partition coefficient (Wildman–Crippen LogP) is 4.47. The molecule has 216 valence electrons. The highest BCUT2D eigenvalue weighted by Gasteiger charge is 2.23. The molecule has 1 atom stereocenters. The quantitative estimate of drug-likeness (QED) is 0.185. The number of aliphatic carboxylic acids is 1. The first-order valence-electron chi connectivity index (χ1n) is 13.7. The predicted molar refractivity (Wildman–Crippen MR) is 161 cm³/mol. The normalized spacial score (nSPS) is 12.0. The molecule has 0 saturated carbocycles. The fourth-order valence-corrected chi connectivity index (χ4v) is 5.32. The number of aryl methyl sites for hydroxylation is 1. The van der Waals surface area contributed by atoms with Gasteiger partial charge < -0.3 is 29.6 Å². The minimum Gasteiger partial charge on any atom is -0.480 e. The molecule has 10 heteroatoms. The summed E-state index contributed by atoms with van der Waals surface area (Å²) < 4.78 is 11.3. The zero-order chi connectivity index (χ0) is 30.1. The summed E-state index contributed by atoms with van der Waals surface area (Å²) in [6.45, 7) is 1.29. The van der Waals surface area contributed by atoms with Gasteiger partial charge in [-0.2, -0.15) is 0 Å². The fourth-order valence-electron chi connectivity index (χ4n) is 5.32. The van der Waals surface area contributed by atoms with Crippen LogP contribution in [0.3, 0.4) is 0 Å². The SMILES string of the molecule is Cc1c(CC(=O)NCC(=O)N[C@@H](Cc2c[nH]c3ccccc23)C(=O)O)c(=O)oc2cc3occ(-c4ccccc4)c3cc12. The number of carbonyl (C=O) groups excluding carboxylic acids is 2. The average molecular weight is 578 g/mol. The number of aromatic nitrogens is 1. The van der Waals surface area contributed by atoms with E-state index >= 15 is 0 Å². The van der Waals surface area contributed by atoms with E-state index in [0.717, 1.165) is 33.0 Å². The molecule has 4 N–H and O–H groups in total. The van der Waals surface area contributed by atoms with Gasteiger partial charge in [0.25, 0.3) is 0 Å². The van der Waals surface area contributed by atoms with Crippen LogP contribution in [-0.2, 0) is 27.2 Å². The second kappa shape index (κ2) is 11.3. The molecule has 3 heterocycles. The standard InChI is InChI=1S/C33H27N3O7/c1-18-22-12-24-25(19-7-3-2-4-8-19)17-42-28(24)14-29(22)43-33(41)23(18)13-30(37)35-16-31(38)36-27(32(39)40)11-20-15-34-26-10-6-5-9-21(20)26/h2-10,12,14-15,17,27,34H,11,13,16H2,1H3,(H,35,37)(H,36,38)(H,39,40)/t27-/m0/s1. The summed E-state index contributed by atoms with van der Waals surface area (Å²) in [6, 6.07) is 19.5. The number of furan rings is 1. The number of rotatable bonds is 9. The third-order valence-electron chi connectivity index (χ3n) is 7.58. The topological polar surface area (TPSA) is 155 Å². The minimum atomic E-state index is -1.20. The van der Waals surface area contributed by atoms with Crippen LogP contribution >= 0.6 is 0 Å². The molecule has 0 saturated heterocycles. The van der Waals surface area contributed by atoms with Crippen molar-refractivity contribution in [2.45, 2.75) is 25.8 Å². The first kappa shape index (κ1) is 27.5. The highest BCUT2D eigenvalue weighted by molar-refractivity contribution is 6.02. The number of para-hydroxylation sites is 1. The molecule has 3 aromatic heterocycles. The monoisotopic (exact) mass is 577 g/mol. The van der Waals surface area contributed by atoms with Gasteiger partial charge in [-0.15, -0.1) is 0 Å². The number of H-pyrrole nitrogens is 1. The largest absolute Gasteiger partial charge is 0.480 e. The lowest BCUT2D eigenvalue weighted by molar-refractivity contribution is -0.141. The number of carbonyl (C=O) groups is 3. The maximum Gasteiger partial charge on any atom is 0.340 e. The molecule has 0 fully saturated rings. The smallest absolute Gasteiger partial charge is 0.340 e. The van der Waals surface area contributed by atoms with E-state index < -0.39 is 36.0 Å². The first-order valence-corrected chi connectivity index (χ1v) is 13.7. The lowest BCUT2D eigenvalue weighted by Crippen LogP contribution is -2.46. The molecule has 10 nitrogen and oxygen atoms in total. The summed E-state index contributed by atoms with van der Waals surface area (Å²) in [5.41, 5.74) is 4.45. The molecule has 0 radical (unpaired) electrons. The van der Waals surface area contributed by atoms with Crippen molar-refractivity contribution in [3.63, 3.8) is 0 Å². The molecule has 2 amide bonds. The van der Waals surface area contributed by atoms with E-state index in [2.05, 4.69) is 15.6 Å². The van der Waals surface area contributed by atoms with Crippen molar-refractivity contribution in [2.75, 3.05) is 6.54 Å². The van der Waals surface area contributed by atoms with Crippen LogP contribution in [0.15, 0.2) is 92.8 Å². The lowest BCUT2D eigenvalue weighted by Gasteiger charge is -2.15. The molecule has 43 heavy (non-hydrogen) atoms. The van der Waals surface area contributed by atoms with E-state index in [1.54, 1.807) is 25.5 Å². The van der Waals surface area contributed by atoms with Crippen LogP contribution in [-0.4, -0.2) is 40.5 Å². The summed E-state index contributed by atoms with van der Waals surface area (Å²) in [6.07, 6.45) is 3.11. The second-order valence-corrected chi connectivity index (χ2v) is 10.3. The van der Waals surface area contributed by atoms with Crippen LogP contribution in [0.1, 0.15) is 16.7 Å². The van der Waals surface area contributed by atoms with Gasteiger partial charge >= 0.3 is 11.6 Å². The van der Waals surface area contributed by atoms with E-state index in [4.69, 9.17) is 8.83 Å². The van der Waals surface area contributed by atoms with Gasteiger partial charge in [-0.1, -0.05) is 48.5 Å². The number of fused-ring (bicyclic) bond motifs is 3. The molecular formula is C33H27N3O7. The van der Waals surface area contributed by atoms with Crippen molar-refractivity contribution in [3.8, 4) is 11.1 Å². The number of aromatic amines is 1. The van der Waals surface area contributed by atoms with Crippen molar-refractivity contribution in [1.29, 1.82) is 0 Å². The molecule has 0 aliphatic rings. The van der Waals surface area contributed by atoms with Crippen LogP contribution < -0.4 is 16.3 Å². The highest BCUT2D eigenvalue weighted by Crippen LogP contribution is 2.34. The van der Waals surface area contributed by atoms with E-state index in [1.165, 1.54) is 0 Å². The Morgan fingerprint density at radius 1 is 0.930 bits per heavy atom. The molecule has 0 aliphatic carbocycles. The summed E-state index contributed by atoms with van der Waals surface area (Å²) in [5, 5.41) is 17.0. The zero-order valence-electron chi connectivity index (χ0n) is 23.1. The average Bonchev–Trinajstić information content (AvgIpc) is 3.61. The Morgan fingerprint density at radius 3 is 2.49 bits per heavy atom. The Morgan fingerprint density at radius 2 is 1.70 bits per heavy atom. The van der Waals surface area contributed by atoms with Crippen molar-refractivity contribution in [3.05, 3.63) is 106 Å². The Balaban J connectivity index is 1.15. The van der Waals surface area contributed by atoms with Crippen LogP contribution in [0.4, 0.5) is 0 Å². The summed E-state index contributed by atoms with van der Waals surface area (Å²) >= 11 is 0. The fraction of sp³-hybridized carbons (Fsp3) is 0.152. The van der Waals surface area contributed by atoms with Gasteiger partial charge in [-0.3, -0.25) is 9.59 Å². The number of hydrogen-bond donors (Lipinski definition) is 4. The van der Waals surface area contributed by atoms with Crippen LogP contribution in [0.25, 0.3) is 44.0 Å². The van der Waals surface area contributed by atoms with E-state index in [0.29, 0.717) is 22.1 Å². The van der Waals surface area contributed by atoms with Gasteiger partial charge in [0.1, 0.15) is 17.2 Å². The highest BCUT2D eigenvalue weighted by atomic mass is 16.4. The van der Waals surface area contributed by atoms with Crippen LogP contribution in [0, 0.1) is 6.92 Å². The van der Waals surface area contributed by atoms with Gasteiger partial charge in [-0.05, 0) is 35.7 Å². The number of hydrogen-bond acceptors (Lipinski definition) is 6. The molecule has 0 spiro atoms. The molecule has 0 aliphatic heterocycles. The molecule has 6 rings (SSSR count). The Bertz CT molecular complexity index is 2070. The van der Waals surface area contributed by atoms with E-state index in [-0.39, 0.29) is 18.4 Å². The first-order chi connectivity index (χ1) is 20.8. The lowest BCUT2D eigenvalue weighted by atomic mass is 9.99. The number of carboxylic acid groups (broad SMARTS) is 1. The van der Waals surface area contributed by atoms with Crippen molar-refractivity contribution in [1.82, 2.24) is 15.6 Å². The molecule has 0 bridgehead atoms.